The van der Waals surface area contributed by atoms with Crippen LogP contribution < -0.4 is 0 Å². The van der Waals surface area contributed by atoms with Crippen molar-refractivity contribution in [3.63, 3.8) is 0 Å². The number of benzene rings is 2. The van der Waals surface area contributed by atoms with E-state index < -0.39 is 101 Å². The van der Waals surface area contributed by atoms with Crippen molar-refractivity contribution in [2.45, 2.75) is 30.2 Å². The molecule has 15 heteroatoms. The maximum atomic E-state index is 12.1. The summed E-state index contributed by atoms with van der Waals surface area (Å²) in [5, 5.41) is 97.6. The first kappa shape index (κ1) is 26.6. The van der Waals surface area contributed by atoms with E-state index >= 15 is 0 Å². The molecule has 10 N–H and O–H groups in total. The molecule has 1 fully saturated rings. The Morgan fingerprint density at radius 2 is 1.25 bits per heavy atom. The summed E-state index contributed by atoms with van der Waals surface area (Å²) in [6.07, 6.45) is -7.66. The van der Waals surface area contributed by atoms with Crippen LogP contribution in [0.1, 0.15) is 20.7 Å². The lowest BCUT2D eigenvalue weighted by molar-refractivity contribution is -0.254. The van der Waals surface area contributed by atoms with Crippen LogP contribution in [0.25, 0.3) is 0 Å². The zero-order valence-electron chi connectivity index (χ0n) is 18.0. The van der Waals surface area contributed by atoms with Gasteiger partial charge in [0.25, 0.3) is 0 Å². The SMILES string of the molecule is O=C(OCC(O)C1OC(O)(COC(=O)c2cc(O)c(O)c(O)c2)C(O)C1O)c1cc(O)c(O)c(O)c1. The molecule has 1 aliphatic rings. The van der Waals surface area contributed by atoms with Crippen molar-refractivity contribution in [3.8, 4) is 34.5 Å². The van der Waals surface area contributed by atoms with E-state index in [1.165, 1.54) is 0 Å². The number of esters is 2. The summed E-state index contributed by atoms with van der Waals surface area (Å²) in [7, 11) is 0. The average Bonchev–Trinajstić information content (AvgIpc) is 3.06. The second kappa shape index (κ2) is 9.92. The second-order valence-electron chi connectivity index (χ2n) is 7.83. The highest BCUT2D eigenvalue weighted by atomic mass is 16.7. The Balaban J connectivity index is 1.61. The summed E-state index contributed by atoms with van der Waals surface area (Å²) in [5.41, 5.74) is -0.855. The molecule has 0 bridgehead atoms. The van der Waals surface area contributed by atoms with Gasteiger partial charge >= 0.3 is 11.9 Å². The third-order valence-electron chi connectivity index (χ3n) is 5.25. The average molecular weight is 514 g/mol. The predicted octanol–water partition coefficient (Wildman–Crippen LogP) is -1.90. The minimum atomic E-state index is -2.74. The van der Waals surface area contributed by atoms with E-state index in [1.807, 2.05) is 0 Å². The van der Waals surface area contributed by atoms with E-state index in [0.717, 1.165) is 24.3 Å². The van der Waals surface area contributed by atoms with Gasteiger partial charge < -0.3 is 65.3 Å². The fraction of sp³-hybridized carbons (Fsp3) is 0.333. The van der Waals surface area contributed by atoms with Crippen molar-refractivity contribution >= 4 is 11.9 Å². The lowest BCUT2D eigenvalue weighted by atomic mass is 10.0. The van der Waals surface area contributed by atoms with Gasteiger partial charge in [0, 0.05) is 0 Å². The van der Waals surface area contributed by atoms with Gasteiger partial charge in [0.15, 0.2) is 34.5 Å². The highest BCUT2D eigenvalue weighted by Gasteiger charge is 2.56. The fourth-order valence-electron chi connectivity index (χ4n) is 3.28. The van der Waals surface area contributed by atoms with Crippen molar-refractivity contribution in [3.05, 3.63) is 35.4 Å². The molecule has 196 valence electrons. The molecule has 0 aliphatic carbocycles. The van der Waals surface area contributed by atoms with Crippen LogP contribution in [0.3, 0.4) is 0 Å². The van der Waals surface area contributed by atoms with Crippen LogP contribution in [-0.2, 0) is 14.2 Å². The van der Waals surface area contributed by atoms with Gasteiger partial charge in [0.1, 0.15) is 37.6 Å². The monoisotopic (exact) mass is 514 g/mol. The van der Waals surface area contributed by atoms with Gasteiger partial charge in [-0.1, -0.05) is 0 Å². The number of phenolic OH excluding ortho intramolecular Hbond substituents is 6. The number of hydrogen-bond acceptors (Lipinski definition) is 15. The van der Waals surface area contributed by atoms with Gasteiger partial charge in [-0.2, -0.15) is 0 Å². The van der Waals surface area contributed by atoms with Crippen LogP contribution >= 0.6 is 0 Å². The highest BCUT2D eigenvalue weighted by Crippen LogP contribution is 2.37. The summed E-state index contributed by atoms with van der Waals surface area (Å²) in [5.74, 6) is -10.2. The Labute approximate surface area is 200 Å². The molecule has 3 rings (SSSR count). The van der Waals surface area contributed by atoms with Crippen LogP contribution in [0, 0.1) is 0 Å². The highest BCUT2D eigenvalue weighted by molar-refractivity contribution is 5.91. The Hall–Kier alpha value is -4.02. The molecule has 0 radical (unpaired) electrons. The van der Waals surface area contributed by atoms with Crippen LogP contribution in [0.15, 0.2) is 24.3 Å². The maximum absolute atomic E-state index is 12.1. The molecule has 36 heavy (non-hydrogen) atoms. The Morgan fingerprint density at radius 3 is 1.69 bits per heavy atom. The second-order valence-corrected chi connectivity index (χ2v) is 7.83. The van der Waals surface area contributed by atoms with Crippen molar-refractivity contribution < 1.29 is 74.9 Å². The molecule has 5 atom stereocenters. The minimum Gasteiger partial charge on any atom is -0.504 e. The molecule has 2 aromatic carbocycles. The van der Waals surface area contributed by atoms with Crippen LogP contribution in [0.5, 0.6) is 34.5 Å². The number of aliphatic hydroxyl groups is 4. The van der Waals surface area contributed by atoms with E-state index in [-0.39, 0.29) is 0 Å². The van der Waals surface area contributed by atoms with E-state index in [4.69, 9.17) is 14.2 Å². The third kappa shape index (κ3) is 5.14. The number of ether oxygens (including phenoxy) is 3. The molecule has 15 nitrogen and oxygen atoms in total. The first-order valence-corrected chi connectivity index (χ1v) is 10.0. The van der Waals surface area contributed by atoms with Crippen LogP contribution in [-0.4, -0.2) is 106 Å². The summed E-state index contributed by atoms with van der Waals surface area (Å²) in [6.45, 7) is -1.96. The predicted molar refractivity (Wildman–Crippen MR) is 111 cm³/mol. The number of hydrogen-bond donors (Lipinski definition) is 10. The number of aromatic hydroxyl groups is 6. The first-order valence-electron chi connectivity index (χ1n) is 10.0. The van der Waals surface area contributed by atoms with E-state index in [9.17, 15) is 60.7 Å². The van der Waals surface area contributed by atoms with Gasteiger partial charge in [-0.15, -0.1) is 0 Å². The number of phenols is 6. The molecule has 1 heterocycles. The van der Waals surface area contributed by atoms with Crippen LogP contribution in [0.4, 0.5) is 0 Å². The Morgan fingerprint density at radius 1 is 0.833 bits per heavy atom. The molecule has 0 spiro atoms. The minimum absolute atomic E-state index is 0.405. The third-order valence-corrected chi connectivity index (χ3v) is 5.25. The largest absolute Gasteiger partial charge is 0.504 e. The first-order chi connectivity index (χ1) is 16.7. The van der Waals surface area contributed by atoms with E-state index in [0.29, 0.717) is 0 Å². The molecule has 1 aliphatic heterocycles. The van der Waals surface area contributed by atoms with Gasteiger partial charge in [-0.05, 0) is 24.3 Å². The van der Waals surface area contributed by atoms with Gasteiger partial charge in [0.05, 0.1) is 11.1 Å². The summed E-state index contributed by atoms with van der Waals surface area (Å²) < 4.78 is 14.6. The van der Waals surface area contributed by atoms with Crippen molar-refractivity contribution in [1.82, 2.24) is 0 Å². The van der Waals surface area contributed by atoms with Gasteiger partial charge in [-0.3, -0.25) is 0 Å². The molecule has 2 aromatic rings. The van der Waals surface area contributed by atoms with E-state index in [1.54, 1.807) is 0 Å². The number of carbonyl (C=O) groups is 2. The zero-order valence-corrected chi connectivity index (χ0v) is 18.0. The molecule has 1 saturated heterocycles. The lowest BCUT2D eigenvalue weighted by Crippen LogP contribution is -2.47. The van der Waals surface area contributed by atoms with Crippen molar-refractivity contribution in [1.29, 1.82) is 0 Å². The standard InChI is InChI=1S/C21H22O15/c22-9-1-7(2-10(23)14(9)27)19(31)34-5-13(26)17-16(29)18(30)21(33,36-17)6-35-20(32)8-3-11(24)15(28)12(25)4-8/h1-4,13,16-18,22-30,33H,5-6H2. The zero-order chi connectivity index (χ0) is 26.9. The maximum Gasteiger partial charge on any atom is 0.338 e. The lowest BCUT2D eigenvalue weighted by Gasteiger charge is -2.26. The Bertz CT molecular complexity index is 1120. The number of aliphatic hydroxyl groups excluding tert-OH is 3. The molecule has 0 saturated carbocycles. The van der Waals surface area contributed by atoms with Crippen molar-refractivity contribution in [2.75, 3.05) is 13.2 Å². The molecule has 0 amide bonds. The number of carbonyl (C=O) groups excluding carboxylic acids is 2. The quantitative estimate of drug-likeness (QED) is 0.143. The molecule has 0 aromatic heterocycles. The topological polar surface area (TPSA) is 264 Å². The smallest absolute Gasteiger partial charge is 0.338 e. The molecular formula is C21H22O15. The number of rotatable bonds is 7. The van der Waals surface area contributed by atoms with Crippen LogP contribution in [0.2, 0.25) is 0 Å². The van der Waals surface area contributed by atoms with Crippen molar-refractivity contribution in [2.24, 2.45) is 0 Å². The molecular weight excluding hydrogens is 492 g/mol. The summed E-state index contributed by atoms with van der Waals surface area (Å²) in [6, 6.07) is 3.04. The van der Waals surface area contributed by atoms with Gasteiger partial charge in [-0.25, -0.2) is 9.59 Å². The fourth-order valence-corrected chi connectivity index (χ4v) is 3.28. The summed E-state index contributed by atoms with van der Waals surface area (Å²) >= 11 is 0. The normalized spacial score (nSPS) is 24.3. The Kier molecular flexibility index (Phi) is 7.33. The molecule has 5 unspecified atom stereocenters. The summed E-state index contributed by atoms with van der Waals surface area (Å²) in [4.78, 5) is 24.2. The van der Waals surface area contributed by atoms with E-state index in [2.05, 4.69) is 0 Å². The van der Waals surface area contributed by atoms with Gasteiger partial charge in [0.2, 0.25) is 5.79 Å².